The van der Waals surface area contributed by atoms with Crippen molar-refractivity contribution in [1.29, 1.82) is 0 Å². The standard InChI is InChI=1S/C29H42F4/c1-2-3-4-5-6-7-8-9-10-22-11-13-23(14-12-22)24-15-17-25(18-16-24)26-19-20-27(28(30)21-26)29(31,32)33/h17,19-24H,2-16,18H2,1H3. The Morgan fingerprint density at radius 1 is 0.818 bits per heavy atom. The van der Waals surface area contributed by atoms with Crippen LogP contribution in [0.3, 0.4) is 0 Å². The van der Waals surface area contributed by atoms with E-state index in [0.717, 1.165) is 48.8 Å². The summed E-state index contributed by atoms with van der Waals surface area (Å²) < 4.78 is 52.4. The molecule has 0 heterocycles. The Bertz CT molecular complexity index is 740. The van der Waals surface area contributed by atoms with Crippen LogP contribution in [0.15, 0.2) is 24.3 Å². The Labute approximate surface area is 198 Å². The fourth-order valence-electron chi connectivity index (χ4n) is 6.00. The van der Waals surface area contributed by atoms with Gasteiger partial charge in [0.25, 0.3) is 0 Å². The fourth-order valence-corrected chi connectivity index (χ4v) is 6.00. The van der Waals surface area contributed by atoms with Gasteiger partial charge in [-0.15, -0.1) is 0 Å². The minimum absolute atomic E-state index is 0.605. The first-order valence-corrected chi connectivity index (χ1v) is 13.4. The molecule has 0 amide bonds. The van der Waals surface area contributed by atoms with Crippen LogP contribution >= 0.6 is 0 Å². The number of halogens is 4. The zero-order valence-electron chi connectivity index (χ0n) is 20.4. The Morgan fingerprint density at radius 2 is 1.48 bits per heavy atom. The zero-order valence-corrected chi connectivity index (χ0v) is 20.4. The van der Waals surface area contributed by atoms with E-state index >= 15 is 0 Å². The van der Waals surface area contributed by atoms with Gasteiger partial charge in [-0.25, -0.2) is 4.39 Å². The molecule has 186 valence electrons. The summed E-state index contributed by atoms with van der Waals surface area (Å²) in [6, 6.07) is 3.37. The lowest BCUT2D eigenvalue weighted by Crippen LogP contribution is -2.23. The van der Waals surface area contributed by atoms with Crippen LogP contribution in [0, 0.1) is 23.6 Å². The number of allylic oxidation sites excluding steroid dienone is 2. The van der Waals surface area contributed by atoms with Crippen molar-refractivity contribution >= 4 is 5.57 Å². The van der Waals surface area contributed by atoms with Crippen molar-refractivity contribution in [2.45, 2.75) is 116 Å². The maximum Gasteiger partial charge on any atom is 0.419 e. The van der Waals surface area contributed by atoms with Crippen LogP contribution in [0.2, 0.25) is 0 Å². The predicted octanol–water partition coefficient (Wildman–Crippen LogP) is 10.4. The van der Waals surface area contributed by atoms with Crippen molar-refractivity contribution in [1.82, 2.24) is 0 Å². The highest BCUT2D eigenvalue weighted by molar-refractivity contribution is 5.66. The molecule has 33 heavy (non-hydrogen) atoms. The molecule has 0 N–H and O–H groups in total. The SMILES string of the molecule is CCCCCCCCCCC1CCC(C2CC=C(c3ccc(C(F)(F)F)c(F)c3)CC2)CC1. The number of rotatable bonds is 11. The lowest BCUT2D eigenvalue weighted by Gasteiger charge is -2.35. The average molecular weight is 467 g/mol. The molecule has 1 fully saturated rings. The van der Waals surface area contributed by atoms with E-state index in [4.69, 9.17) is 0 Å². The van der Waals surface area contributed by atoms with Gasteiger partial charge in [0.2, 0.25) is 0 Å². The third-order valence-corrected chi connectivity index (χ3v) is 8.12. The van der Waals surface area contributed by atoms with E-state index in [1.807, 2.05) is 0 Å². The maximum atomic E-state index is 14.0. The van der Waals surface area contributed by atoms with Crippen molar-refractivity contribution < 1.29 is 17.6 Å². The molecule has 2 aliphatic carbocycles. The number of unbranched alkanes of at least 4 members (excludes halogenated alkanes) is 7. The van der Waals surface area contributed by atoms with Crippen molar-refractivity contribution in [3.8, 4) is 0 Å². The van der Waals surface area contributed by atoms with Gasteiger partial charge in [-0.1, -0.05) is 89.7 Å². The normalized spacial score (nSPS) is 24.0. The molecule has 1 atom stereocenters. The third kappa shape index (κ3) is 8.14. The summed E-state index contributed by atoms with van der Waals surface area (Å²) >= 11 is 0. The second kappa shape index (κ2) is 13.0. The maximum absolute atomic E-state index is 14.0. The number of hydrogen-bond acceptors (Lipinski definition) is 0. The molecule has 0 aliphatic heterocycles. The molecule has 1 aromatic rings. The molecule has 0 nitrogen and oxygen atoms in total. The van der Waals surface area contributed by atoms with Crippen LogP contribution in [0.25, 0.3) is 5.57 Å². The summed E-state index contributed by atoms with van der Waals surface area (Å²) in [6.45, 7) is 2.27. The Hall–Kier alpha value is -1.32. The van der Waals surface area contributed by atoms with Gasteiger partial charge in [-0.2, -0.15) is 13.2 Å². The van der Waals surface area contributed by atoms with Crippen LogP contribution in [0.5, 0.6) is 0 Å². The minimum atomic E-state index is -4.64. The lowest BCUT2D eigenvalue weighted by molar-refractivity contribution is -0.140. The molecule has 0 radical (unpaired) electrons. The molecule has 3 rings (SSSR count). The Morgan fingerprint density at radius 3 is 2.06 bits per heavy atom. The first-order chi connectivity index (χ1) is 15.9. The van der Waals surface area contributed by atoms with E-state index in [-0.39, 0.29) is 0 Å². The van der Waals surface area contributed by atoms with Gasteiger partial charge in [0.15, 0.2) is 0 Å². The molecule has 0 bridgehead atoms. The van der Waals surface area contributed by atoms with Gasteiger partial charge in [0, 0.05) is 0 Å². The van der Waals surface area contributed by atoms with Crippen molar-refractivity contribution in [3.63, 3.8) is 0 Å². The molecular formula is C29H42F4. The van der Waals surface area contributed by atoms with Gasteiger partial charge in [0.05, 0.1) is 5.56 Å². The molecule has 0 saturated heterocycles. The average Bonchev–Trinajstić information content (AvgIpc) is 2.80. The van der Waals surface area contributed by atoms with Gasteiger partial charge >= 0.3 is 6.18 Å². The highest BCUT2D eigenvalue weighted by Gasteiger charge is 2.34. The largest absolute Gasteiger partial charge is 0.419 e. The molecule has 1 saturated carbocycles. The van der Waals surface area contributed by atoms with E-state index in [2.05, 4.69) is 13.0 Å². The first-order valence-electron chi connectivity index (χ1n) is 13.4. The van der Waals surface area contributed by atoms with Crippen molar-refractivity contribution in [2.75, 3.05) is 0 Å². The highest BCUT2D eigenvalue weighted by Crippen LogP contribution is 2.42. The van der Waals surface area contributed by atoms with Gasteiger partial charge in [-0.3, -0.25) is 0 Å². The van der Waals surface area contributed by atoms with Crippen LogP contribution in [-0.4, -0.2) is 0 Å². The molecule has 0 spiro atoms. The number of hydrogen-bond donors (Lipinski definition) is 0. The molecular weight excluding hydrogens is 424 g/mol. The predicted molar refractivity (Wildman–Crippen MR) is 129 cm³/mol. The summed E-state index contributed by atoms with van der Waals surface area (Å²) in [6.07, 6.45) is 18.3. The zero-order chi connectivity index (χ0) is 23.7. The highest BCUT2D eigenvalue weighted by atomic mass is 19.4. The second-order valence-electron chi connectivity index (χ2n) is 10.5. The van der Waals surface area contributed by atoms with Crippen molar-refractivity contribution in [2.24, 2.45) is 17.8 Å². The molecule has 1 unspecified atom stereocenters. The summed E-state index contributed by atoms with van der Waals surface area (Å²) in [5.41, 5.74) is 0.430. The van der Waals surface area contributed by atoms with Crippen LogP contribution in [0.1, 0.15) is 121 Å². The number of alkyl halides is 3. The quantitative estimate of drug-likeness (QED) is 0.225. The molecule has 2 aliphatic rings. The van der Waals surface area contributed by atoms with E-state index in [0.29, 0.717) is 11.5 Å². The van der Waals surface area contributed by atoms with Gasteiger partial charge in [0.1, 0.15) is 5.82 Å². The topological polar surface area (TPSA) is 0 Å². The van der Waals surface area contributed by atoms with Crippen LogP contribution < -0.4 is 0 Å². The smallest absolute Gasteiger partial charge is 0.206 e. The fraction of sp³-hybridized carbons (Fsp3) is 0.724. The van der Waals surface area contributed by atoms with Gasteiger partial charge in [-0.05, 0) is 73.1 Å². The summed E-state index contributed by atoms with van der Waals surface area (Å²) in [5.74, 6) is 1.20. The van der Waals surface area contributed by atoms with Gasteiger partial charge < -0.3 is 0 Å². The second-order valence-corrected chi connectivity index (χ2v) is 10.5. The molecule has 1 aromatic carbocycles. The third-order valence-electron chi connectivity index (χ3n) is 8.12. The van der Waals surface area contributed by atoms with Crippen LogP contribution in [0.4, 0.5) is 17.6 Å². The lowest BCUT2D eigenvalue weighted by atomic mass is 9.70. The van der Waals surface area contributed by atoms with E-state index in [9.17, 15) is 17.6 Å². The van der Waals surface area contributed by atoms with Crippen LogP contribution in [-0.2, 0) is 6.18 Å². The van der Waals surface area contributed by atoms with E-state index in [1.165, 1.54) is 89.5 Å². The summed E-state index contributed by atoms with van der Waals surface area (Å²) in [7, 11) is 0. The Balaban J connectivity index is 1.36. The van der Waals surface area contributed by atoms with Crippen molar-refractivity contribution in [3.05, 3.63) is 41.2 Å². The first kappa shape index (κ1) is 26.3. The summed E-state index contributed by atoms with van der Waals surface area (Å²) in [4.78, 5) is 0. The van der Waals surface area contributed by atoms with E-state index < -0.39 is 17.6 Å². The summed E-state index contributed by atoms with van der Waals surface area (Å²) in [5, 5.41) is 0. The Kier molecular flexibility index (Phi) is 10.3. The monoisotopic (exact) mass is 466 g/mol. The van der Waals surface area contributed by atoms with E-state index in [1.54, 1.807) is 0 Å². The molecule has 0 aromatic heterocycles. The minimum Gasteiger partial charge on any atom is -0.206 e. The molecule has 4 heteroatoms. The number of benzene rings is 1.